The van der Waals surface area contributed by atoms with Crippen molar-refractivity contribution in [3.8, 4) is 0 Å². The summed E-state index contributed by atoms with van der Waals surface area (Å²) in [7, 11) is 0. The zero-order valence-corrected chi connectivity index (χ0v) is 18.6. The molecule has 0 unspecified atom stereocenters. The number of ether oxygens (including phenoxy) is 2. The lowest BCUT2D eigenvalue weighted by Gasteiger charge is -2.32. The van der Waals surface area contributed by atoms with Crippen LogP contribution in [-0.2, 0) is 14.3 Å². The molecule has 0 radical (unpaired) electrons. The first-order valence-electron chi connectivity index (χ1n) is 11.6. The molecule has 0 spiro atoms. The maximum absolute atomic E-state index is 12.5. The molecule has 2 atom stereocenters. The van der Waals surface area contributed by atoms with Gasteiger partial charge < -0.3 is 19.7 Å². The van der Waals surface area contributed by atoms with Crippen molar-refractivity contribution < 1.29 is 24.5 Å². The number of rotatable bonds is 11. The number of hydrogen-bond acceptors (Lipinski definition) is 6. The van der Waals surface area contributed by atoms with Crippen LogP contribution >= 0.6 is 0 Å². The number of hydrogen-bond donors (Lipinski definition) is 2. The van der Waals surface area contributed by atoms with Crippen LogP contribution in [0.5, 0.6) is 0 Å². The van der Waals surface area contributed by atoms with Gasteiger partial charge in [0.15, 0.2) is 12.0 Å². The van der Waals surface area contributed by atoms with Crippen LogP contribution in [0.2, 0.25) is 0 Å². The quantitative estimate of drug-likeness (QED) is 0.160. The molecule has 0 aromatic heterocycles. The van der Waals surface area contributed by atoms with Crippen molar-refractivity contribution in [3.05, 3.63) is 34.2 Å². The standard InChI is InChI=1S/C23H34N4O5/c1-2-12-23(22(29)30)20(19-7-4-3-6-17(19)15-25-27-24)32-21(26-23)16-8-10-18(11-9-16)31-14-5-13-28/h2,16,18,20,28H,1,3-15H2,(H,29,30)/t16?,18?,20-,23-/m0/s1. The number of aliphatic imine (C=N–C) groups is 1. The SMILES string of the molecule is C=CC[C@]1(C(=O)O)N=C(C2CCC(OCCCO)CC2)O[C@H]1C1=C(CN=[N+]=[N-])CCCC1. The van der Waals surface area contributed by atoms with Gasteiger partial charge in [-0.2, -0.15) is 0 Å². The maximum atomic E-state index is 12.5. The molecule has 1 saturated carbocycles. The van der Waals surface area contributed by atoms with E-state index in [1.807, 2.05) is 0 Å². The summed E-state index contributed by atoms with van der Waals surface area (Å²) in [6.07, 6.45) is 8.66. The lowest BCUT2D eigenvalue weighted by atomic mass is 9.78. The average molecular weight is 447 g/mol. The first kappa shape index (κ1) is 24.3. The lowest BCUT2D eigenvalue weighted by Crippen LogP contribution is -2.47. The fourth-order valence-corrected chi connectivity index (χ4v) is 5.06. The van der Waals surface area contributed by atoms with Gasteiger partial charge in [-0.15, -0.1) is 6.58 Å². The first-order valence-corrected chi connectivity index (χ1v) is 11.6. The number of aliphatic hydroxyl groups is 1. The number of nitrogens with zero attached hydrogens (tertiary/aromatic N) is 4. The van der Waals surface area contributed by atoms with Gasteiger partial charge in [-0.25, -0.2) is 9.79 Å². The molecule has 3 rings (SSSR count). The van der Waals surface area contributed by atoms with Crippen molar-refractivity contribution in [2.75, 3.05) is 19.8 Å². The van der Waals surface area contributed by atoms with Crippen LogP contribution in [0.4, 0.5) is 0 Å². The van der Waals surface area contributed by atoms with Gasteiger partial charge in [0.2, 0.25) is 5.54 Å². The van der Waals surface area contributed by atoms with Crippen LogP contribution in [0.15, 0.2) is 33.9 Å². The number of aliphatic carboxylic acids is 1. The highest BCUT2D eigenvalue weighted by molar-refractivity contribution is 5.91. The molecule has 0 bridgehead atoms. The fraction of sp³-hybridized carbons (Fsp3) is 0.739. The Morgan fingerprint density at radius 1 is 1.34 bits per heavy atom. The minimum atomic E-state index is -1.43. The van der Waals surface area contributed by atoms with Crippen LogP contribution < -0.4 is 0 Å². The largest absolute Gasteiger partial charge is 0.479 e. The number of carboxylic acid groups (broad SMARTS) is 1. The topological polar surface area (TPSA) is 137 Å². The fourth-order valence-electron chi connectivity index (χ4n) is 5.06. The Balaban J connectivity index is 1.83. The Morgan fingerprint density at radius 2 is 2.09 bits per heavy atom. The highest BCUT2D eigenvalue weighted by Crippen LogP contribution is 2.43. The van der Waals surface area contributed by atoms with Gasteiger partial charge in [-0.1, -0.05) is 16.8 Å². The number of azide groups is 1. The molecule has 9 heteroatoms. The molecule has 0 amide bonds. The van der Waals surface area contributed by atoms with E-state index < -0.39 is 17.6 Å². The molecule has 32 heavy (non-hydrogen) atoms. The third kappa shape index (κ3) is 5.34. The zero-order valence-electron chi connectivity index (χ0n) is 18.6. The summed E-state index contributed by atoms with van der Waals surface area (Å²) in [5, 5.41) is 22.9. The van der Waals surface area contributed by atoms with Gasteiger partial charge in [0.1, 0.15) is 0 Å². The third-order valence-electron chi connectivity index (χ3n) is 6.76. The summed E-state index contributed by atoms with van der Waals surface area (Å²) in [6.45, 7) is 4.69. The van der Waals surface area contributed by atoms with Crippen molar-refractivity contribution >= 4 is 11.9 Å². The smallest absolute Gasteiger partial charge is 0.336 e. The van der Waals surface area contributed by atoms with Gasteiger partial charge in [0.25, 0.3) is 0 Å². The summed E-state index contributed by atoms with van der Waals surface area (Å²) in [5.74, 6) is -0.431. The third-order valence-corrected chi connectivity index (χ3v) is 6.76. The highest BCUT2D eigenvalue weighted by atomic mass is 16.5. The Labute approximate surface area is 188 Å². The van der Waals surface area contributed by atoms with Crippen LogP contribution in [0.25, 0.3) is 10.4 Å². The predicted molar refractivity (Wildman–Crippen MR) is 120 cm³/mol. The van der Waals surface area contributed by atoms with E-state index in [-0.39, 0.29) is 31.6 Å². The predicted octanol–water partition coefficient (Wildman–Crippen LogP) is 4.32. The monoisotopic (exact) mass is 446 g/mol. The van der Waals surface area contributed by atoms with Crippen LogP contribution in [0, 0.1) is 5.92 Å². The molecule has 2 N–H and O–H groups in total. The van der Waals surface area contributed by atoms with E-state index in [9.17, 15) is 9.90 Å². The summed E-state index contributed by atoms with van der Waals surface area (Å²) in [5.41, 5.74) is 9.25. The second kappa shape index (κ2) is 11.5. The Hall–Kier alpha value is -2.35. The number of aliphatic hydroxyl groups excluding tert-OH is 1. The molecule has 0 saturated heterocycles. The maximum Gasteiger partial charge on any atom is 0.336 e. The normalized spacial score (nSPS) is 30.3. The first-order chi connectivity index (χ1) is 15.6. The molecule has 1 heterocycles. The minimum Gasteiger partial charge on any atom is -0.479 e. The number of carbonyl (C=O) groups is 1. The summed E-state index contributed by atoms with van der Waals surface area (Å²) in [6, 6.07) is 0. The van der Waals surface area contributed by atoms with E-state index in [0.717, 1.165) is 62.5 Å². The highest BCUT2D eigenvalue weighted by Gasteiger charge is 2.54. The summed E-state index contributed by atoms with van der Waals surface area (Å²) < 4.78 is 12.2. The minimum absolute atomic E-state index is 0.0611. The van der Waals surface area contributed by atoms with E-state index in [2.05, 4.69) is 16.6 Å². The van der Waals surface area contributed by atoms with Crippen molar-refractivity contribution in [2.24, 2.45) is 16.0 Å². The molecule has 9 nitrogen and oxygen atoms in total. The van der Waals surface area contributed by atoms with Crippen LogP contribution in [0.1, 0.15) is 64.2 Å². The van der Waals surface area contributed by atoms with Crippen molar-refractivity contribution in [3.63, 3.8) is 0 Å². The number of carboxylic acids is 1. The Kier molecular flexibility index (Phi) is 8.73. The molecule has 176 valence electrons. The van der Waals surface area contributed by atoms with E-state index in [0.29, 0.717) is 18.9 Å². The molecule has 2 aliphatic carbocycles. The van der Waals surface area contributed by atoms with Crippen LogP contribution in [-0.4, -0.2) is 59.6 Å². The second-order valence-electron chi connectivity index (χ2n) is 8.82. The van der Waals surface area contributed by atoms with E-state index >= 15 is 0 Å². The van der Waals surface area contributed by atoms with E-state index in [4.69, 9.17) is 25.1 Å². The van der Waals surface area contributed by atoms with E-state index in [1.54, 1.807) is 6.08 Å². The lowest BCUT2D eigenvalue weighted by molar-refractivity contribution is -0.145. The van der Waals surface area contributed by atoms with Gasteiger partial charge in [0.05, 0.1) is 6.10 Å². The molecule has 1 aliphatic heterocycles. The molecular weight excluding hydrogens is 412 g/mol. The second-order valence-corrected chi connectivity index (χ2v) is 8.82. The van der Waals surface area contributed by atoms with Gasteiger partial charge >= 0.3 is 5.97 Å². The van der Waals surface area contributed by atoms with Crippen LogP contribution in [0.3, 0.4) is 0 Å². The summed E-state index contributed by atoms with van der Waals surface area (Å²) >= 11 is 0. The zero-order chi connectivity index (χ0) is 23.0. The van der Waals surface area contributed by atoms with Crippen molar-refractivity contribution in [1.82, 2.24) is 0 Å². The van der Waals surface area contributed by atoms with Gasteiger partial charge in [-0.05, 0) is 68.9 Å². The average Bonchev–Trinajstić information content (AvgIpc) is 3.19. The Morgan fingerprint density at radius 3 is 2.75 bits per heavy atom. The van der Waals surface area contributed by atoms with Crippen molar-refractivity contribution in [1.29, 1.82) is 0 Å². The molecule has 0 aromatic carbocycles. The Bertz CT molecular complexity index is 796. The molecule has 3 aliphatic rings. The van der Waals surface area contributed by atoms with Gasteiger partial charge in [-0.3, -0.25) is 0 Å². The van der Waals surface area contributed by atoms with Crippen molar-refractivity contribution in [2.45, 2.75) is 82.0 Å². The summed E-state index contributed by atoms with van der Waals surface area (Å²) in [4.78, 5) is 20.1. The van der Waals surface area contributed by atoms with E-state index in [1.165, 1.54) is 0 Å². The molecular formula is C23H34N4O5. The molecule has 0 aromatic rings. The molecule has 1 fully saturated rings. The van der Waals surface area contributed by atoms with Gasteiger partial charge in [0, 0.05) is 37.0 Å².